The first-order valence-electron chi connectivity index (χ1n) is 7.71. The molecule has 2 aromatic rings. The van der Waals surface area contributed by atoms with Crippen LogP contribution >= 0.6 is 11.6 Å². The molecule has 6 heteroatoms. The van der Waals surface area contributed by atoms with E-state index >= 15 is 0 Å². The third-order valence-electron chi connectivity index (χ3n) is 3.44. The van der Waals surface area contributed by atoms with Crippen molar-refractivity contribution in [3.8, 4) is 11.5 Å². The van der Waals surface area contributed by atoms with Crippen molar-refractivity contribution in [2.24, 2.45) is 0 Å². The fraction of sp³-hybridized carbons (Fsp3) is 0.278. The number of nitrogens with one attached hydrogen (secondary N) is 2. The van der Waals surface area contributed by atoms with Gasteiger partial charge in [-0.2, -0.15) is 0 Å². The molecule has 0 aliphatic rings. The largest absolute Gasteiger partial charge is 0.495 e. The second-order valence-corrected chi connectivity index (χ2v) is 5.85. The fourth-order valence-corrected chi connectivity index (χ4v) is 2.43. The van der Waals surface area contributed by atoms with Gasteiger partial charge in [-0.1, -0.05) is 29.8 Å². The summed E-state index contributed by atoms with van der Waals surface area (Å²) in [4.78, 5) is 13.1. The number of halogens is 1. The molecular formula is C18H22ClN2O3+. The van der Waals surface area contributed by atoms with Gasteiger partial charge in [-0.15, -0.1) is 0 Å². The lowest BCUT2D eigenvalue weighted by molar-refractivity contribution is -0.871. The van der Waals surface area contributed by atoms with Gasteiger partial charge in [-0.3, -0.25) is 4.79 Å². The first-order chi connectivity index (χ1) is 11.6. The van der Waals surface area contributed by atoms with Crippen molar-refractivity contribution in [3.63, 3.8) is 0 Å². The Morgan fingerprint density at radius 2 is 1.96 bits per heavy atom. The highest BCUT2D eigenvalue weighted by molar-refractivity contribution is 6.32. The third kappa shape index (κ3) is 5.76. The smallest absolute Gasteiger partial charge is 0.279 e. The third-order valence-corrected chi connectivity index (χ3v) is 3.73. The lowest BCUT2D eigenvalue weighted by Crippen LogP contribution is -3.10. The van der Waals surface area contributed by atoms with Gasteiger partial charge in [0.25, 0.3) is 5.91 Å². The molecule has 0 bridgehead atoms. The van der Waals surface area contributed by atoms with E-state index in [0.717, 1.165) is 17.2 Å². The van der Waals surface area contributed by atoms with E-state index in [1.165, 1.54) is 0 Å². The van der Waals surface area contributed by atoms with Gasteiger partial charge in [-0.05, 0) is 30.3 Å². The van der Waals surface area contributed by atoms with E-state index in [1.54, 1.807) is 25.3 Å². The highest BCUT2D eigenvalue weighted by Crippen LogP contribution is 2.26. The number of carbonyl (C=O) groups is 1. The number of benzene rings is 2. The molecule has 0 aliphatic carbocycles. The number of likely N-dealkylation sites (N-methyl/N-ethyl adjacent to an activating group) is 1. The van der Waals surface area contributed by atoms with E-state index in [0.29, 0.717) is 29.6 Å². The summed E-state index contributed by atoms with van der Waals surface area (Å²) in [5.41, 5.74) is 0.652. The normalized spacial score (nSPS) is 11.6. The van der Waals surface area contributed by atoms with E-state index in [9.17, 15) is 4.79 Å². The van der Waals surface area contributed by atoms with Crippen molar-refractivity contribution in [3.05, 3.63) is 53.6 Å². The number of ether oxygens (including phenoxy) is 2. The Kier molecular flexibility index (Phi) is 6.90. The molecule has 24 heavy (non-hydrogen) atoms. The molecule has 0 spiro atoms. The minimum absolute atomic E-state index is 0.0755. The molecule has 0 aliphatic heterocycles. The molecule has 0 fully saturated rings. The van der Waals surface area contributed by atoms with Gasteiger partial charge in [0.05, 0.1) is 19.2 Å². The number of quaternary nitrogens is 1. The Morgan fingerprint density at radius 3 is 2.62 bits per heavy atom. The Morgan fingerprint density at radius 1 is 1.21 bits per heavy atom. The number of hydrogen-bond acceptors (Lipinski definition) is 3. The highest BCUT2D eigenvalue weighted by atomic mass is 35.5. The Bertz CT molecular complexity index is 665. The van der Waals surface area contributed by atoms with Gasteiger partial charge in [0.15, 0.2) is 6.54 Å². The number of amides is 1. The van der Waals surface area contributed by atoms with Crippen molar-refractivity contribution in [1.29, 1.82) is 0 Å². The van der Waals surface area contributed by atoms with Crippen LogP contribution in [-0.2, 0) is 4.79 Å². The van der Waals surface area contributed by atoms with Gasteiger partial charge in [-0.25, -0.2) is 0 Å². The number of hydrogen-bond donors (Lipinski definition) is 2. The minimum atomic E-state index is -0.0755. The van der Waals surface area contributed by atoms with Gasteiger partial charge in [0.2, 0.25) is 0 Å². The topological polar surface area (TPSA) is 52.0 Å². The maximum atomic E-state index is 12.1. The molecule has 1 amide bonds. The predicted octanol–water partition coefficient (Wildman–Crippen LogP) is 1.88. The summed E-state index contributed by atoms with van der Waals surface area (Å²) < 4.78 is 10.7. The zero-order valence-electron chi connectivity index (χ0n) is 13.8. The van der Waals surface area contributed by atoms with Gasteiger partial charge < -0.3 is 19.7 Å². The molecule has 1 atom stereocenters. The molecular weight excluding hydrogens is 328 g/mol. The first kappa shape index (κ1) is 18.1. The molecule has 128 valence electrons. The van der Waals surface area contributed by atoms with Crippen LogP contribution in [0.3, 0.4) is 0 Å². The van der Waals surface area contributed by atoms with E-state index < -0.39 is 0 Å². The first-order valence-corrected chi connectivity index (χ1v) is 8.09. The standard InChI is InChI=1S/C18H21ClN2O3/c1-21(10-11-24-15-6-4-3-5-7-15)13-18(22)20-14-8-9-17(23-2)16(19)12-14/h3-9,12H,10-11,13H2,1-2H3,(H,20,22)/p+1. The van der Waals surface area contributed by atoms with Crippen LogP contribution in [-0.4, -0.2) is 39.8 Å². The fourth-order valence-electron chi connectivity index (χ4n) is 2.17. The molecule has 0 aromatic heterocycles. The highest BCUT2D eigenvalue weighted by Gasteiger charge is 2.11. The molecule has 2 N–H and O–H groups in total. The van der Waals surface area contributed by atoms with Gasteiger partial charge in [0.1, 0.15) is 24.7 Å². The summed E-state index contributed by atoms with van der Waals surface area (Å²) in [5.74, 6) is 1.34. The van der Waals surface area contributed by atoms with Crippen molar-refractivity contribution in [2.75, 3.05) is 39.2 Å². The van der Waals surface area contributed by atoms with Crippen LogP contribution in [0, 0.1) is 0 Å². The van der Waals surface area contributed by atoms with Gasteiger partial charge in [0, 0.05) is 5.69 Å². The number of carbonyl (C=O) groups excluding carboxylic acids is 1. The molecule has 0 saturated heterocycles. The molecule has 0 heterocycles. The van der Waals surface area contributed by atoms with Crippen molar-refractivity contribution >= 4 is 23.2 Å². The molecule has 2 rings (SSSR count). The van der Waals surface area contributed by atoms with E-state index in [-0.39, 0.29) is 5.91 Å². The average Bonchev–Trinajstić information content (AvgIpc) is 2.56. The number of rotatable bonds is 8. The molecule has 1 unspecified atom stereocenters. The number of para-hydroxylation sites is 1. The molecule has 5 nitrogen and oxygen atoms in total. The van der Waals surface area contributed by atoms with E-state index in [1.807, 2.05) is 37.4 Å². The average molecular weight is 350 g/mol. The van der Waals surface area contributed by atoms with Crippen LogP contribution in [0.5, 0.6) is 11.5 Å². The summed E-state index contributed by atoms with van der Waals surface area (Å²) in [6.07, 6.45) is 0. The second kappa shape index (κ2) is 9.15. The number of anilines is 1. The zero-order valence-corrected chi connectivity index (χ0v) is 14.6. The number of methoxy groups -OCH3 is 1. The summed E-state index contributed by atoms with van der Waals surface area (Å²) in [6.45, 7) is 1.63. The minimum Gasteiger partial charge on any atom is -0.495 e. The lowest BCUT2D eigenvalue weighted by Gasteiger charge is -2.14. The Hall–Kier alpha value is -2.24. The summed E-state index contributed by atoms with van der Waals surface area (Å²) in [5, 5.41) is 3.30. The van der Waals surface area contributed by atoms with Crippen LogP contribution < -0.4 is 19.7 Å². The molecule has 2 aromatic carbocycles. The summed E-state index contributed by atoms with van der Waals surface area (Å²) in [6, 6.07) is 14.8. The van der Waals surface area contributed by atoms with Crippen molar-refractivity contribution in [1.82, 2.24) is 0 Å². The SMILES string of the molecule is COc1ccc(NC(=O)C[NH+](C)CCOc2ccccc2)cc1Cl. The summed E-state index contributed by atoms with van der Waals surface area (Å²) in [7, 11) is 3.50. The molecule has 0 radical (unpaired) electrons. The predicted molar refractivity (Wildman–Crippen MR) is 95.2 cm³/mol. The lowest BCUT2D eigenvalue weighted by atomic mass is 10.3. The monoisotopic (exact) mass is 349 g/mol. The van der Waals surface area contributed by atoms with Crippen molar-refractivity contribution in [2.45, 2.75) is 0 Å². The quantitative estimate of drug-likeness (QED) is 0.765. The van der Waals surface area contributed by atoms with Crippen LogP contribution in [0.2, 0.25) is 5.02 Å². The zero-order chi connectivity index (χ0) is 17.4. The van der Waals surface area contributed by atoms with Crippen LogP contribution in [0.15, 0.2) is 48.5 Å². The Balaban J connectivity index is 1.74. The van der Waals surface area contributed by atoms with E-state index in [2.05, 4.69) is 5.32 Å². The Labute approximate surface area is 147 Å². The van der Waals surface area contributed by atoms with Gasteiger partial charge >= 0.3 is 0 Å². The van der Waals surface area contributed by atoms with Crippen LogP contribution in [0.1, 0.15) is 0 Å². The van der Waals surface area contributed by atoms with Crippen LogP contribution in [0.4, 0.5) is 5.69 Å². The maximum Gasteiger partial charge on any atom is 0.279 e. The van der Waals surface area contributed by atoms with Crippen molar-refractivity contribution < 1.29 is 19.2 Å². The second-order valence-electron chi connectivity index (χ2n) is 5.44. The van der Waals surface area contributed by atoms with E-state index in [4.69, 9.17) is 21.1 Å². The molecule has 0 saturated carbocycles. The van der Waals surface area contributed by atoms with Crippen LogP contribution in [0.25, 0.3) is 0 Å². The maximum absolute atomic E-state index is 12.1. The summed E-state index contributed by atoms with van der Waals surface area (Å²) >= 11 is 6.05.